The van der Waals surface area contributed by atoms with Crippen molar-refractivity contribution in [2.24, 2.45) is 0 Å². The predicted octanol–water partition coefficient (Wildman–Crippen LogP) is 4.55. The molecule has 0 saturated heterocycles. The Labute approximate surface area is 257 Å². The van der Waals surface area contributed by atoms with E-state index in [0.29, 0.717) is 40.6 Å². The third-order valence-electron chi connectivity index (χ3n) is 6.58. The Morgan fingerprint density at radius 2 is 1.00 bits per heavy atom. The van der Waals surface area contributed by atoms with Gasteiger partial charge in [0.2, 0.25) is 0 Å². The molecule has 11 heteroatoms. The van der Waals surface area contributed by atoms with Gasteiger partial charge in [-0.15, -0.1) is 0 Å². The van der Waals surface area contributed by atoms with Gasteiger partial charge < -0.3 is 29.5 Å². The van der Waals surface area contributed by atoms with Gasteiger partial charge in [0, 0.05) is 12.8 Å². The van der Waals surface area contributed by atoms with Gasteiger partial charge >= 0.3 is 17.9 Å². The third kappa shape index (κ3) is 8.77. The van der Waals surface area contributed by atoms with Gasteiger partial charge in [0.15, 0.2) is 32.4 Å². The number of benzene rings is 4. The molecular formula is C34H28O11. The lowest BCUT2D eigenvalue weighted by Gasteiger charge is -2.19. The van der Waals surface area contributed by atoms with Crippen LogP contribution in [0.4, 0.5) is 0 Å². The highest BCUT2D eigenvalue weighted by Gasteiger charge is 2.18. The van der Waals surface area contributed by atoms with Gasteiger partial charge in [0.05, 0.1) is 11.1 Å². The second-order valence-corrected chi connectivity index (χ2v) is 9.87. The van der Waals surface area contributed by atoms with Crippen molar-refractivity contribution in [1.82, 2.24) is 0 Å². The maximum atomic E-state index is 11.8. The molecule has 3 N–H and O–H groups in total. The normalized spacial score (nSPS) is 10.5. The number of carbonyl (C=O) groups is 5. The molecule has 0 saturated carbocycles. The minimum Gasteiger partial charge on any atom is -0.481 e. The topological polar surface area (TPSA) is 174 Å². The number of carboxylic acids is 3. The minimum atomic E-state index is -1.19. The molecule has 0 radical (unpaired) electrons. The summed E-state index contributed by atoms with van der Waals surface area (Å²) in [7, 11) is 0. The van der Waals surface area contributed by atoms with Crippen molar-refractivity contribution in [2.45, 2.75) is 12.8 Å². The Balaban J connectivity index is 1.80. The Hall–Kier alpha value is -5.97. The summed E-state index contributed by atoms with van der Waals surface area (Å²) in [6.45, 7) is -1.86. The van der Waals surface area contributed by atoms with Gasteiger partial charge in [-0.25, -0.2) is 14.4 Å². The lowest BCUT2D eigenvalue weighted by molar-refractivity contribution is -0.140. The first-order valence-corrected chi connectivity index (χ1v) is 13.6. The van der Waals surface area contributed by atoms with Crippen LogP contribution in [0.1, 0.15) is 43.0 Å². The molecule has 0 aliphatic carbocycles. The van der Waals surface area contributed by atoms with Crippen molar-refractivity contribution in [3.8, 4) is 28.4 Å². The average Bonchev–Trinajstić information content (AvgIpc) is 3.03. The van der Waals surface area contributed by atoms with Crippen molar-refractivity contribution in [2.75, 3.05) is 19.8 Å². The third-order valence-corrected chi connectivity index (χ3v) is 6.58. The number of carboxylic acid groups (broad SMARTS) is 3. The van der Waals surface area contributed by atoms with Crippen molar-refractivity contribution in [1.29, 1.82) is 0 Å². The highest BCUT2D eigenvalue weighted by atomic mass is 16.5. The molecule has 0 amide bonds. The fraction of sp³-hybridized carbons (Fsp3) is 0.147. The summed E-state index contributed by atoms with van der Waals surface area (Å²) in [6, 6.07) is 22.7. The van der Waals surface area contributed by atoms with Crippen LogP contribution < -0.4 is 14.2 Å². The zero-order valence-corrected chi connectivity index (χ0v) is 23.8. The van der Waals surface area contributed by atoms with Gasteiger partial charge in [0.1, 0.15) is 17.2 Å². The summed E-state index contributed by atoms with van der Waals surface area (Å²) >= 11 is 0. The van der Waals surface area contributed by atoms with Gasteiger partial charge in [0.25, 0.3) is 0 Å². The highest BCUT2D eigenvalue weighted by Crippen LogP contribution is 2.35. The zero-order valence-electron chi connectivity index (χ0n) is 23.8. The van der Waals surface area contributed by atoms with Gasteiger partial charge in [-0.05, 0) is 69.8 Å². The first-order chi connectivity index (χ1) is 21.7. The van der Waals surface area contributed by atoms with Crippen molar-refractivity contribution in [3.05, 3.63) is 112 Å². The van der Waals surface area contributed by atoms with E-state index in [-0.39, 0.29) is 35.5 Å². The molecule has 0 aliphatic heterocycles. The summed E-state index contributed by atoms with van der Waals surface area (Å²) in [5, 5.41) is 27.3. The zero-order chi connectivity index (χ0) is 32.3. The lowest BCUT2D eigenvalue weighted by Crippen LogP contribution is -2.13. The number of hydrogen-bond acceptors (Lipinski definition) is 8. The number of carbonyl (C=O) groups excluding carboxylic acids is 2. The number of rotatable bonds is 16. The molecule has 0 aromatic heterocycles. The van der Waals surface area contributed by atoms with Crippen LogP contribution in [0.5, 0.6) is 17.2 Å². The minimum absolute atomic E-state index is 0.110. The summed E-state index contributed by atoms with van der Waals surface area (Å²) in [6.07, 6.45) is 1.54. The molecular weight excluding hydrogens is 584 g/mol. The van der Waals surface area contributed by atoms with Crippen LogP contribution in [0, 0.1) is 0 Å². The van der Waals surface area contributed by atoms with Crippen molar-refractivity contribution < 1.29 is 53.5 Å². The molecule has 0 unspecified atom stereocenters. The van der Waals surface area contributed by atoms with E-state index in [4.69, 9.17) is 24.4 Å². The second-order valence-electron chi connectivity index (χ2n) is 9.87. The van der Waals surface area contributed by atoms with Crippen LogP contribution in [0.3, 0.4) is 0 Å². The monoisotopic (exact) mass is 612 g/mol. The molecule has 0 aliphatic rings. The number of aldehydes is 2. The van der Waals surface area contributed by atoms with Crippen LogP contribution in [-0.4, -0.2) is 65.6 Å². The molecule has 230 valence electrons. The molecule has 4 rings (SSSR count). The number of aliphatic carboxylic acids is 3. The Morgan fingerprint density at radius 1 is 0.556 bits per heavy atom. The van der Waals surface area contributed by atoms with Crippen molar-refractivity contribution >= 4 is 30.5 Å². The SMILES string of the molecule is O=Cc1cc(Cc2cc(-c3ccccc3)cc(Cc3ccc(OCC(=O)O)c(C=O)c3)c2OCC(=O)O)ccc1OCC(=O)O. The Bertz CT molecular complexity index is 1630. The van der Waals surface area contributed by atoms with E-state index in [1.807, 2.05) is 42.5 Å². The molecule has 4 aromatic rings. The molecule has 11 nitrogen and oxygen atoms in total. The fourth-order valence-electron chi connectivity index (χ4n) is 4.72. The molecule has 45 heavy (non-hydrogen) atoms. The fourth-order valence-corrected chi connectivity index (χ4v) is 4.72. The summed E-state index contributed by atoms with van der Waals surface area (Å²) in [4.78, 5) is 57.0. The number of hydrogen-bond donors (Lipinski definition) is 3. The van der Waals surface area contributed by atoms with E-state index >= 15 is 0 Å². The van der Waals surface area contributed by atoms with E-state index in [1.54, 1.807) is 24.3 Å². The van der Waals surface area contributed by atoms with Gasteiger partial charge in [-0.1, -0.05) is 42.5 Å². The van der Waals surface area contributed by atoms with E-state index in [0.717, 1.165) is 11.1 Å². The van der Waals surface area contributed by atoms with Gasteiger partial charge in [-0.2, -0.15) is 0 Å². The number of ether oxygens (including phenoxy) is 3. The molecule has 0 spiro atoms. The van der Waals surface area contributed by atoms with Gasteiger partial charge in [-0.3, -0.25) is 9.59 Å². The highest BCUT2D eigenvalue weighted by molar-refractivity contribution is 5.81. The maximum Gasteiger partial charge on any atom is 0.341 e. The smallest absolute Gasteiger partial charge is 0.341 e. The van der Waals surface area contributed by atoms with E-state index in [9.17, 15) is 29.1 Å². The molecule has 0 fully saturated rings. The summed E-state index contributed by atoms with van der Waals surface area (Å²) in [5.41, 5.74) is 4.50. The standard InChI is InChI=1S/C34H28O11/c35-16-27-12-21(6-8-29(27)43-18-31(37)38)10-25-14-24(23-4-2-1-3-5-23)15-26(34(25)45-20-33(41)42)11-22-7-9-30(28(13-22)17-36)44-19-32(39)40/h1-9,12-17H,10-11,18-20H2,(H,37,38)(H,39,40)(H,41,42). The summed E-state index contributed by atoms with van der Waals surface area (Å²) < 4.78 is 16.3. The van der Waals surface area contributed by atoms with Crippen LogP contribution in [-0.2, 0) is 27.2 Å². The Kier molecular flexibility index (Phi) is 10.6. The molecule has 0 heterocycles. The quantitative estimate of drug-likeness (QED) is 0.151. The van der Waals surface area contributed by atoms with Crippen molar-refractivity contribution in [3.63, 3.8) is 0 Å². The first kappa shape index (κ1) is 32.0. The lowest BCUT2D eigenvalue weighted by atomic mass is 9.91. The van der Waals surface area contributed by atoms with Crippen LogP contribution >= 0.6 is 0 Å². The van der Waals surface area contributed by atoms with E-state index in [2.05, 4.69) is 0 Å². The maximum absolute atomic E-state index is 11.8. The molecule has 0 bridgehead atoms. The Morgan fingerprint density at radius 3 is 1.42 bits per heavy atom. The predicted molar refractivity (Wildman–Crippen MR) is 161 cm³/mol. The first-order valence-electron chi connectivity index (χ1n) is 13.6. The molecule has 0 atom stereocenters. The van der Waals surface area contributed by atoms with Crippen LogP contribution in [0.15, 0.2) is 78.9 Å². The second kappa shape index (κ2) is 15.0. The molecule has 4 aromatic carbocycles. The van der Waals surface area contributed by atoms with Crippen LogP contribution in [0.2, 0.25) is 0 Å². The summed E-state index contributed by atoms with van der Waals surface area (Å²) in [5.74, 6) is -3.05. The van der Waals surface area contributed by atoms with Crippen LogP contribution in [0.25, 0.3) is 11.1 Å². The van der Waals surface area contributed by atoms with E-state index in [1.165, 1.54) is 12.1 Å². The average molecular weight is 613 g/mol. The van der Waals surface area contributed by atoms with E-state index < -0.39 is 37.7 Å². The largest absolute Gasteiger partial charge is 0.481 e.